The van der Waals surface area contributed by atoms with Crippen LogP contribution in [0.4, 0.5) is 10.1 Å². The molecule has 0 N–H and O–H groups in total. The van der Waals surface area contributed by atoms with Gasteiger partial charge in [-0.2, -0.15) is 4.36 Å². The summed E-state index contributed by atoms with van der Waals surface area (Å²) in [5.41, 5.74) is 0.680. The van der Waals surface area contributed by atoms with Gasteiger partial charge >= 0.3 is 0 Å². The van der Waals surface area contributed by atoms with Gasteiger partial charge in [-0.1, -0.05) is 18.7 Å². The van der Waals surface area contributed by atoms with Crippen molar-refractivity contribution < 1.29 is 8.60 Å². The Bertz CT molecular complexity index is 465. The molecule has 1 rings (SSSR count). The SMILES string of the molecule is C=Cc1c(F)cccc1N=S(C)(C)=O. The Balaban J connectivity index is 3.44. The second kappa shape index (κ2) is 3.92. The Labute approximate surface area is 83.6 Å². The van der Waals surface area contributed by atoms with E-state index in [-0.39, 0.29) is 0 Å². The molecule has 14 heavy (non-hydrogen) atoms. The van der Waals surface area contributed by atoms with E-state index in [0.29, 0.717) is 11.3 Å². The van der Waals surface area contributed by atoms with E-state index in [1.165, 1.54) is 30.7 Å². The first-order valence-electron chi connectivity index (χ1n) is 4.02. The third-order valence-electron chi connectivity index (χ3n) is 1.55. The Hall–Kier alpha value is -1.16. The highest BCUT2D eigenvalue weighted by Crippen LogP contribution is 2.23. The number of nitrogens with zero attached hydrogens (tertiary/aromatic N) is 1. The third kappa shape index (κ3) is 2.67. The lowest BCUT2D eigenvalue weighted by Gasteiger charge is -2.02. The fraction of sp³-hybridized carbons (Fsp3) is 0.200. The van der Waals surface area contributed by atoms with Crippen molar-refractivity contribution in [1.82, 2.24) is 0 Å². The van der Waals surface area contributed by atoms with Crippen molar-refractivity contribution in [2.45, 2.75) is 0 Å². The second-order valence-corrected chi connectivity index (χ2v) is 5.69. The predicted molar refractivity (Wildman–Crippen MR) is 58.6 cm³/mol. The summed E-state index contributed by atoms with van der Waals surface area (Å²) in [6.07, 6.45) is 4.38. The maximum atomic E-state index is 13.2. The van der Waals surface area contributed by atoms with Gasteiger partial charge in [-0.25, -0.2) is 8.60 Å². The van der Waals surface area contributed by atoms with Crippen molar-refractivity contribution in [3.63, 3.8) is 0 Å². The number of hydrogen-bond acceptors (Lipinski definition) is 2. The summed E-state index contributed by atoms with van der Waals surface area (Å²) in [7, 11) is -2.27. The van der Waals surface area contributed by atoms with Gasteiger partial charge in [-0.15, -0.1) is 0 Å². The number of rotatable bonds is 2. The molecule has 0 amide bonds. The normalized spacial score (nSPS) is 11.1. The van der Waals surface area contributed by atoms with Crippen molar-refractivity contribution >= 4 is 21.5 Å². The maximum Gasteiger partial charge on any atom is 0.132 e. The van der Waals surface area contributed by atoms with Gasteiger partial charge in [0.1, 0.15) is 5.82 Å². The molecule has 0 bridgehead atoms. The zero-order valence-electron chi connectivity index (χ0n) is 8.16. The highest BCUT2D eigenvalue weighted by Gasteiger charge is 2.04. The summed E-state index contributed by atoms with van der Waals surface area (Å²) >= 11 is 0. The van der Waals surface area contributed by atoms with Crippen molar-refractivity contribution in [2.24, 2.45) is 4.36 Å². The van der Waals surface area contributed by atoms with Crippen molar-refractivity contribution in [3.8, 4) is 0 Å². The molecule has 0 fully saturated rings. The van der Waals surface area contributed by atoms with Gasteiger partial charge in [-0.05, 0) is 12.1 Å². The van der Waals surface area contributed by atoms with Crippen molar-refractivity contribution in [3.05, 3.63) is 36.2 Å². The summed E-state index contributed by atoms with van der Waals surface area (Å²) in [5.74, 6) is -0.398. The molecular formula is C10H12FNOS. The van der Waals surface area contributed by atoms with Gasteiger partial charge in [0.05, 0.1) is 5.69 Å². The first-order chi connectivity index (χ1) is 6.44. The van der Waals surface area contributed by atoms with Crippen LogP contribution in [0, 0.1) is 5.82 Å². The molecule has 0 aliphatic carbocycles. The predicted octanol–water partition coefficient (Wildman–Crippen LogP) is 2.83. The zero-order valence-corrected chi connectivity index (χ0v) is 8.97. The zero-order chi connectivity index (χ0) is 10.8. The van der Waals surface area contributed by atoms with Crippen LogP contribution in [-0.4, -0.2) is 16.7 Å². The van der Waals surface area contributed by atoms with Crippen LogP contribution in [0.5, 0.6) is 0 Å². The molecule has 0 aliphatic rings. The van der Waals surface area contributed by atoms with E-state index < -0.39 is 15.5 Å². The van der Waals surface area contributed by atoms with E-state index >= 15 is 0 Å². The van der Waals surface area contributed by atoms with Crippen LogP contribution in [0.15, 0.2) is 29.1 Å². The minimum atomic E-state index is -2.27. The van der Waals surface area contributed by atoms with Gasteiger partial charge < -0.3 is 0 Å². The van der Waals surface area contributed by atoms with Gasteiger partial charge in [0, 0.05) is 27.8 Å². The topological polar surface area (TPSA) is 29.4 Å². The van der Waals surface area contributed by atoms with E-state index in [1.807, 2.05) is 0 Å². The van der Waals surface area contributed by atoms with Crippen LogP contribution in [-0.2, 0) is 9.73 Å². The van der Waals surface area contributed by atoms with Gasteiger partial charge in [0.25, 0.3) is 0 Å². The molecule has 0 unspecified atom stereocenters. The molecule has 0 aliphatic heterocycles. The average Bonchev–Trinajstić information content (AvgIpc) is 2.01. The van der Waals surface area contributed by atoms with Crippen LogP contribution in [0.25, 0.3) is 6.08 Å². The van der Waals surface area contributed by atoms with Crippen LogP contribution >= 0.6 is 0 Å². The molecule has 76 valence electrons. The lowest BCUT2D eigenvalue weighted by atomic mass is 10.2. The van der Waals surface area contributed by atoms with E-state index in [4.69, 9.17) is 0 Å². The second-order valence-electron chi connectivity index (χ2n) is 3.15. The molecule has 0 aromatic heterocycles. The summed E-state index contributed by atoms with van der Waals surface area (Å²) in [6, 6.07) is 4.47. The Morgan fingerprint density at radius 2 is 2.14 bits per heavy atom. The quantitative estimate of drug-likeness (QED) is 0.742. The maximum absolute atomic E-state index is 13.2. The minimum absolute atomic E-state index is 0.295. The number of hydrogen-bond donors (Lipinski definition) is 0. The summed E-state index contributed by atoms with van der Waals surface area (Å²) in [6.45, 7) is 3.49. The standard InChI is InChI=1S/C10H12FNOS/c1-4-8-9(11)6-5-7-10(8)12-14(2,3)13/h4-7H,1H2,2-3H3. The Kier molecular flexibility index (Phi) is 3.06. The number of halogens is 1. The summed E-state index contributed by atoms with van der Waals surface area (Å²) < 4.78 is 28.6. The molecule has 0 saturated heterocycles. The first-order valence-corrected chi connectivity index (χ1v) is 6.35. The molecule has 0 spiro atoms. The molecule has 4 heteroatoms. The van der Waals surface area contributed by atoms with Crippen LogP contribution in [0.1, 0.15) is 5.56 Å². The first kappa shape index (κ1) is 10.9. The van der Waals surface area contributed by atoms with Crippen molar-refractivity contribution in [2.75, 3.05) is 12.5 Å². The molecule has 0 atom stereocenters. The van der Waals surface area contributed by atoms with E-state index in [0.717, 1.165) is 0 Å². The smallest absolute Gasteiger partial charge is 0.132 e. The number of benzene rings is 1. The molecule has 1 aromatic carbocycles. The molecule has 1 aromatic rings. The fourth-order valence-electron chi connectivity index (χ4n) is 1.04. The van der Waals surface area contributed by atoms with Crippen molar-refractivity contribution in [1.29, 1.82) is 0 Å². The largest absolute Gasteiger partial charge is 0.250 e. The molecule has 0 saturated carbocycles. The van der Waals surface area contributed by atoms with E-state index in [9.17, 15) is 8.60 Å². The van der Waals surface area contributed by atoms with Crippen LogP contribution < -0.4 is 0 Å². The highest BCUT2D eigenvalue weighted by atomic mass is 32.2. The van der Waals surface area contributed by atoms with Crippen LogP contribution in [0.3, 0.4) is 0 Å². The van der Waals surface area contributed by atoms with Crippen LogP contribution in [0.2, 0.25) is 0 Å². The summed E-state index contributed by atoms with van der Waals surface area (Å²) in [5, 5.41) is 0. The van der Waals surface area contributed by atoms with Gasteiger partial charge in [0.2, 0.25) is 0 Å². The highest BCUT2D eigenvalue weighted by molar-refractivity contribution is 7.92. The Morgan fingerprint density at radius 3 is 2.64 bits per heavy atom. The summed E-state index contributed by atoms with van der Waals surface area (Å²) in [4.78, 5) is 0. The molecule has 0 heterocycles. The fourth-order valence-corrected chi connectivity index (χ4v) is 1.68. The van der Waals surface area contributed by atoms with Gasteiger partial charge in [0.15, 0.2) is 0 Å². The molecule has 0 radical (unpaired) electrons. The monoisotopic (exact) mass is 213 g/mol. The lowest BCUT2D eigenvalue weighted by Crippen LogP contribution is -1.91. The molecule has 2 nitrogen and oxygen atoms in total. The lowest BCUT2D eigenvalue weighted by molar-refractivity contribution is 0.625. The average molecular weight is 213 g/mol. The van der Waals surface area contributed by atoms with E-state index in [2.05, 4.69) is 10.9 Å². The molecular weight excluding hydrogens is 201 g/mol. The third-order valence-corrected chi connectivity index (χ3v) is 2.19. The van der Waals surface area contributed by atoms with Gasteiger partial charge in [-0.3, -0.25) is 0 Å². The minimum Gasteiger partial charge on any atom is -0.250 e. The Morgan fingerprint density at radius 1 is 1.50 bits per heavy atom. The van der Waals surface area contributed by atoms with E-state index in [1.54, 1.807) is 6.07 Å².